The molecule has 0 saturated carbocycles. The molecule has 1 atom stereocenters. The minimum absolute atomic E-state index is 0.120. The van der Waals surface area contributed by atoms with Crippen LogP contribution in [0.15, 0.2) is 53.4 Å². The van der Waals surface area contributed by atoms with Crippen molar-refractivity contribution in [1.82, 2.24) is 5.32 Å². The van der Waals surface area contributed by atoms with Gasteiger partial charge < -0.3 is 10.1 Å². The minimum atomic E-state index is -3.71. The van der Waals surface area contributed by atoms with Crippen LogP contribution in [0.1, 0.15) is 46.1 Å². The number of amides is 1. The summed E-state index contributed by atoms with van der Waals surface area (Å²) in [5.41, 5.74) is 1.64. The van der Waals surface area contributed by atoms with E-state index in [1.165, 1.54) is 12.1 Å². The fraction of sp³-hybridized carbons (Fsp3) is 0.409. The average Bonchev–Trinajstić information content (AvgIpc) is 2.66. The standard InChI is InChI=1S/C22H30N2O4S/c1-15(2)14-23-22(25)17(5)28-20-10-12-21(13-11-20)29(26,27)24-19-8-6-18(7-9-19)16(3)4/h6-13,15-17,24H,14H2,1-5H3,(H,23,25)/t17-/m0/s1. The van der Waals surface area contributed by atoms with Crippen LogP contribution in [-0.4, -0.2) is 27.0 Å². The highest BCUT2D eigenvalue weighted by molar-refractivity contribution is 7.92. The van der Waals surface area contributed by atoms with Crippen molar-refractivity contribution in [2.75, 3.05) is 11.3 Å². The molecule has 2 aromatic rings. The van der Waals surface area contributed by atoms with E-state index in [0.717, 1.165) is 5.56 Å². The Labute approximate surface area is 173 Å². The Bertz CT molecular complexity index is 905. The topological polar surface area (TPSA) is 84.5 Å². The van der Waals surface area contributed by atoms with E-state index in [1.807, 2.05) is 26.0 Å². The number of ether oxygens (including phenoxy) is 1. The quantitative estimate of drug-likeness (QED) is 0.641. The zero-order valence-electron chi connectivity index (χ0n) is 17.6. The fourth-order valence-electron chi connectivity index (χ4n) is 2.55. The zero-order chi connectivity index (χ0) is 21.6. The minimum Gasteiger partial charge on any atom is -0.481 e. The lowest BCUT2D eigenvalue weighted by molar-refractivity contribution is -0.127. The maximum atomic E-state index is 12.6. The van der Waals surface area contributed by atoms with Crippen molar-refractivity contribution in [3.05, 3.63) is 54.1 Å². The largest absolute Gasteiger partial charge is 0.481 e. The molecule has 2 N–H and O–H groups in total. The molecule has 29 heavy (non-hydrogen) atoms. The first kappa shape index (κ1) is 22.7. The van der Waals surface area contributed by atoms with Gasteiger partial charge in [0.1, 0.15) is 5.75 Å². The van der Waals surface area contributed by atoms with Crippen LogP contribution in [0.5, 0.6) is 5.75 Å². The van der Waals surface area contributed by atoms with Crippen LogP contribution in [0, 0.1) is 5.92 Å². The molecule has 0 bridgehead atoms. The molecule has 0 unspecified atom stereocenters. The highest BCUT2D eigenvalue weighted by Crippen LogP contribution is 2.22. The number of carbonyl (C=O) groups excluding carboxylic acids is 1. The summed E-state index contributed by atoms with van der Waals surface area (Å²) in [7, 11) is -3.71. The first-order valence-electron chi connectivity index (χ1n) is 9.75. The van der Waals surface area contributed by atoms with Crippen LogP contribution in [0.4, 0.5) is 5.69 Å². The summed E-state index contributed by atoms with van der Waals surface area (Å²) in [5.74, 6) is 0.951. The van der Waals surface area contributed by atoms with Gasteiger partial charge in [-0.15, -0.1) is 0 Å². The highest BCUT2D eigenvalue weighted by atomic mass is 32.2. The van der Waals surface area contributed by atoms with Gasteiger partial charge in [0, 0.05) is 12.2 Å². The van der Waals surface area contributed by atoms with Crippen LogP contribution in [-0.2, 0) is 14.8 Å². The molecule has 0 aliphatic heterocycles. The van der Waals surface area contributed by atoms with Crippen molar-refractivity contribution in [3.8, 4) is 5.75 Å². The number of rotatable bonds is 9. The first-order chi connectivity index (χ1) is 13.6. The summed E-state index contributed by atoms with van der Waals surface area (Å²) < 4.78 is 33.4. The van der Waals surface area contributed by atoms with E-state index in [0.29, 0.717) is 29.8 Å². The van der Waals surface area contributed by atoms with E-state index in [1.54, 1.807) is 31.2 Å². The zero-order valence-corrected chi connectivity index (χ0v) is 18.4. The Kier molecular flexibility index (Phi) is 7.67. The predicted molar refractivity (Wildman–Crippen MR) is 116 cm³/mol. The molecule has 6 nitrogen and oxygen atoms in total. The van der Waals surface area contributed by atoms with Crippen LogP contribution in [0.2, 0.25) is 0 Å². The predicted octanol–water partition coefficient (Wildman–Crippen LogP) is 4.15. The van der Waals surface area contributed by atoms with Gasteiger partial charge in [-0.25, -0.2) is 8.42 Å². The fourth-order valence-corrected chi connectivity index (χ4v) is 3.61. The van der Waals surface area contributed by atoms with E-state index >= 15 is 0 Å². The first-order valence-corrected chi connectivity index (χ1v) is 11.2. The Morgan fingerprint density at radius 3 is 2.03 bits per heavy atom. The molecule has 158 valence electrons. The molecular formula is C22H30N2O4S. The molecule has 0 radical (unpaired) electrons. The third-order valence-corrected chi connectivity index (χ3v) is 5.73. The lowest BCUT2D eigenvalue weighted by Gasteiger charge is -2.16. The molecule has 0 heterocycles. The molecule has 0 aromatic heterocycles. The molecule has 1 amide bonds. The summed E-state index contributed by atoms with van der Waals surface area (Å²) >= 11 is 0. The Hall–Kier alpha value is -2.54. The Balaban J connectivity index is 2.01. The lowest BCUT2D eigenvalue weighted by atomic mass is 10.0. The average molecular weight is 419 g/mol. The normalized spacial score (nSPS) is 12.7. The van der Waals surface area contributed by atoms with E-state index in [9.17, 15) is 13.2 Å². The van der Waals surface area contributed by atoms with Gasteiger partial charge in [-0.05, 0) is 60.7 Å². The highest BCUT2D eigenvalue weighted by Gasteiger charge is 2.17. The van der Waals surface area contributed by atoms with Gasteiger partial charge in [-0.3, -0.25) is 9.52 Å². The van der Waals surface area contributed by atoms with Crippen molar-refractivity contribution in [2.45, 2.75) is 51.5 Å². The van der Waals surface area contributed by atoms with Crippen molar-refractivity contribution < 1.29 is 17.9 Å². The molecule has 0 saturated heterocycles. The second-order valence-corrected chi connectivity index (χ2v) is 9.44. The van der Waals surface area contributed by atoms with E-state index in [2.05, 4.69) is 23.9 Å². The number of anilines is 1. The van der Waals surface area contributed by atoms with Crippen molar-refractivity contribution in [2.24, 2.45) is 5.92 Å². The Morgan fingerprint density at radius 2 is 1.52 bits per heavy atom. The molecular weight excluding hydrogens is 388 g/mol. The second-order valence-electron chi connectivity index (χ2n) is 7.75. The SMILES string of the molecule is CC(C)CNC(=O)[C@H](C)Oc1ccc(S(=O)(=O)Nc2ccc(C(C)C)cc2)cc1. The number of carbonyl (C=O) groups is 1. The third kappa shape index (κ3) is 6.78. The van der Waals surface area contributed by atoms with E-state index < -0.39 is 16.1 Å². The number of benzene rings is 2. The molecule has 7 heteroatoms. The summed E-state index contributed by atoms with van der Waals surface area (Å²) in [6, 6.07) is 13.3. The lowest BCUT2D eigenvalue weighted by Crippen LogP contribution is -2.38. The van der Waals surface area contributed by atoms with Gasteiger partial charge in [0.25, 0.3) is 15.9 Å². The summed E-state index contributed by atoms with van der Waals surface area (Å²) in [6.07, 6.45) is -0.672. The third-order valence-electron chi connectivity index (χ3n) is 4.33. The molecule has 2 aromatic carbocycles. The van der Waals surface area contributed by atoms with E-state index in [-0.39, 0.29) is 10.8 Å². The number of hydrogen-bond donors (Lipinski definition) is 2. The van der Waals surface area contributed by atoms with Gasteiger partial charge in [0.15, 0.2) is 6.10 Å². The van der Waals surface area contributed by atoms with Crippen LogP contribution < -0.4 is 14.8 Å². The maximum Gasteiger partial charge on any atom is 0.261 e. The number of sulfonamides is 1. The van der Waals surface area contributed by atoms with Gasteiger partial charge in [0.2, 0.25) is 0 Å². The van der Waals surface area contributed by atoms with Gasteiger partial charge >= 0.3 is 0 Å². The summed E-state index contributed by atoms with van der Waals surface area (Å²) in [6.45, 7) is 10.4. The second kappa shape index (κ2) is 9.78. The Morgan fingerprint density at radius 1 is 0.931 bits per heavy atom. The van der Waals surface area contributed by atoms with Crippen molar-refractivity contribution in [3.63, 3.8) is 0 Å². The number of nitrogens with one attached hydrogen (secondary N) is 2. The summed E-state index contributed by atoms with van der Waals surface area (Å²) in [5, 5.41) is 2.81. The van der Waals surface area contributed by atoms with Crippen LogP contribution in [0.25, 0.3) is 0 Å². The molecule has 2 rings (SSSR count). The molecule has 0 spiro atoms. The molecule has 0 aliphatic rings. The van der Waals surface area contributed by atoms with Crippen molar-refractivity contribution in [1.29, 1.82) is 0 Å². The van der Waals surface area contributed by atoms with Gasteiger partial charge in [-0.2, -0.15) is 0 Å². The monoisotopic (exact) mass is 418 g/mol. The van der Waals surface area contributed by atoms with Crippen molar-refractivity contribution >= 4 is 21.6 Å². The van der Waals surface area contributed by atoms with Gasteiger partial charge in [0.05, 0.1) is 4.90 Å². The molecule has 0 aliphatic carbocycles. The van der Waals surface area contributed by atoms with Crippen LogP contribution >= 0.6 is 0 Å². The van der Waals surface area contributed by atoms with Gasteiger partial charge in [-0.1, -0.05) is 39.8 Å². The maximum absolute atomic E-state index is 12.6. The smallest absolute Gasteiger partial charge is 0.261 e. The molecule has 0 fully saturated rings. The van der Waals surface area contributed by atoms with Crippen LogP contribution in [0.3, 0.4) is 0 Å². The summed E-state index contributed by atoms with van der Waals surface area (Å²) in [4.78, 5) is 12.1. The van der Waals surface area contributed by atoms with E-state index in [4.69, 9.17) is 4.74 Å². The number of hydrogen-bond acceptors (Lipinski definition) is 4.